The quantitative estimate of drug-likeness (QED) is 0.817. The molecule has 15 heavy (non-hydrogen) atoms. The highest BCUT2D eigenvalue weighted by Gasteiger charge is 2.20. The molecule has 0 bridgehead atoms. The second kappa shape index (κ2) is 4.73. The Labute approximate surface area is 89.9 Å². The fourth-order valence-corrected chi connectivity index (χ4v) is 2.14. The molecule has 0 saturated carbocycles. The average Bonchev–Trinajstić information content (AvgIpc) is 2.65. The Morgan fingerprint density at radius 2 is 2.33 bits per heavy atom. The van der Waals surface area contributed by atoms with Crippen molar-refractivity contribution in [2.75, 3.05) is 19.6 Å². The van der Waals surface area contributed by atoms with Crippen molar-refractivity contribution in [3.63, 3.8) is 0 Å². The molecule has 0 aliphatic carbocycles. The topological polar surface area (TPSA) is 29.3 Å². The van der Waals surface area contributed by atoms with Crippen LogP contribution >= 0.6 is 0 Å². The Kier molecular flexibility index (Phi) is 3.34. The second-order valence-electron chi connectivity index (χ2n) is 4.26. The lowest BCUT2D eigenvalue weighted by Crippen LogP contribution is -2.22. The highest BCUT2D eigenvalue weighted by atomic mass is 19.1. The predicted molar refractivity (Wildman–Crippen MR) is 58.8 cm³/mol. The van der Waals surface area contributed by atoms with E-state index in [4.69, 9.17) is 5.73 Å². The number of halogens is 1. The van der Waals surface area contributed by atoms with Gasteiger partial charge in [-0.2, -0.15) is 0 Å². The lowest BCUT2D eigenvalue weighted by atomic mass is 10.1. The smallest absolute Gasteiger partial charge is 0.123 e. The first-order valence-corrected chi connectivity index (χ1v) is 5.45. The molecule has 1 aromatic rings. The third-order valence-electron chi connectivity index (χ3n) is 3.00. The normalized spacial score (nSPS) is 22.1. The van der Waals surface area contributed by atoms with E-state index in [2.05, 4.69) is 4.90 Å². The summed E-state index contributed by atoms with van der Waals surface area (Å²) in [6, 6.07) is 6.83. The first-order valence-electron chi connectivity index (χ1n) is 5.45. The first-order chi connectivity index (χ1) is 7.28. The number of nitrogens with two attached hydrogens (primary N) is 1. The van der Waals surface area contributed by atoms with E-state index in [0.717, 1.165) is 31.7 Å². The van der Waals surface area contributed by atoms with E-state index in [1.54, 1.807) is 12.1 Å². The average molecular weight is 208 g/mol. The van der Waals surface area contributed by atoms with Gasteiger partial charge in [0.05, 0.1) is 0 Å². The highest BCUT2D eigenvalue weighted by Crippen LogP contribution is 2.17. The Hall–Kier alpha value is -0.930. The Balaban J connectivity index is 1.92. The van der Waals surface area contributed by atoms with E-state index < -0.39 is 0 Å². The van der Waals surface area contributed by atoms with Crippen LogP contribution in [0.1, 0.15) is 12.0 Å². The zero-order chi connectivity index (χ0) is 10.7. The number of nitrogens with zero attached hydrogens (tertiary/aromatic N) is 1. The highest BCUT2D eigenvalue weighted by molar-refractivity contribution is 5.16. The number of rotatable bonds is 3. The van der Waals surface area contributed by atoms with Crippen LogP contribution < -0.4 is 5.73 Å². The van der Waals surface area contributed by atoms with Gasteiger partial charge in [0, 0.05) is 13.1 Å². The van der Waals surface area contributed by atoms with Crippen LogP contribution in [0.25, 0.3) is 0 Å². The van der Waals surface area contributed by atoms with Gasteiger partial charge < -0.3 is 5.73 Å². The molecule has 1 aromatic carbocycles. The minimum Gasteiger partial charge on any atom is -0.330 e. The largest absolute Gasteiger partial charge is 0.330 e. The van der Waals surface area contributed by atoms with Crippen molar-refractivity contribution in [2.45, 2.75) is 13.0 Å². The van der Waals surface area contributed by atoms with Gasteiger partial charge in [0.2, 0.25) is 0 Å². The minimum absolute atomic E-state index is 0.151. The summed E-state index contributed by atoms with van der Waals surface area (Å²) in [6.45, 7) is 3.74. The zero-order valence-electron chi connectivity index (χ0n) is 8.82. The summed E-state index contributed by atoms with van der Waals surface area (Å²) < 4.78 is 12.9. The van der Waals surface area contributed by atoms with Crippen LogP contribution in [0.15, 0.2) is 24.3 Å². The van der Waals surface area contributed by atoms with Gasteiger partial charge in [0.25, 0.3) is 0 Å². The molecule has 0 amide bonds. The van der Waals surface area contributed by atoms with Gasteiger partial charge in [-0.1, -0.05) is 12.1 Å². The summed E-state index contributed by atoms with van der Waals surface area (Å²) >= 11 is 0. The van der Waals surface area contributed by atoms with Crippen molar-refractivity contribution in [1.29, 1.82) is 0 Å². The first kappa shape index (κ1) is 10.6. The molecule has 1 fully saturated rings. The third-order valence-corrected chi connectivity index (χ3v) is 3.00. The van der Waals surface area contributed by atoms with Crippen LogP contribution in [0.3, 0.4) is 0 Å². The molecule has 1 unspecified atom stereocenters. The molecule has 0 aromatic heterocycles. The second-order valence-corrected chi connectivity index (χ2v) is 4.26. The lowest BCUT2D eigenvalue weighted by Gasteiger charge is -2.15. The number of likely N-dealkylation sites (tertiary alicyclic amines) is 1. The lowest BCUT2D eigenvalue weighted by molar-refractivity contribution is 0.317. The molecule has 2 rings (SSSR count). The van der Waals surface area contributed by atoms with E-state index >= 15 is 0 Å². The molecule has 2 nitrogen and oxygen atoms in total. The van der Waals surface area contributed by atoms with E-state index in [1.165, 1.54) is 12.5 Å². The molecule has 1 aliphatic heterocycles. The molecule has 3 heteroatoms. The summed E-state index contributed by atoms with van der Waals surface area (Å²) in [5.41, 5.74) is 6.68. The minimum atomic E-state index is -0.151. The van der Waals surface area contributed by atoms with E-state index in [1.807, 2.05) is 6.07 Å². The van der Waals surface area contributed by atoms with Crippen LogP contribution in [0.2, 0.25) is 0 Å². The molecule has 1 atom stereocenters. The van der Waals surface area contributed by atoms with Crippen molar-refractivity contribution in [2.24, 2.45) is 11.7 Å². The van der Waals surface area contributed by atoms with E-state index in [-0.39, 0.29) is 5.82 Å². The van der Waals surface area contributed by atoms with Crippen LogP contribution in [0.5, 0.6) is 0 Å². The standard InChI is InChI=1S/C12H17FN2/c13-12-3-1-2-10(6-12)8-15-5-4-11(7-14)9-15/h1-3,6,11H,4-5,7-9,14H2. The number of hydrogen-bond acceptors (Lipinski definition) is 2. The van der Waals surface area contributed by atoms with Gasteiger partial charge >= 0.3 is 0 Å². The molecular formula is C12H17FN2. The van der Waals surface area contributed by atoms with Gasteiger partial charge in [0.1, 0.15) is 5.82 Å². The summed E-state index contributed by atoms with van der Waals surface area (Å²) in [7, 11) is 0. The Morgan fingerprint density at radius 1 is 1.47 bits per heavy atom. The molecule has 0 radical (unpaired) electrons. The van der Waals surface area contributed by atoms with Crippen molar-refractivity contribution < 1.29 is 4.39 Å². The molecule has 0 spiro atoms. The summed E-state index contributed by atoms with van der Waals surface area (Å²) in [5, 5.41) is 0. The van der Waals surface area contributed by atoms with Gasteiger partial charge in [-0.05, 0) is 43.1 Å². The predicted octanol–water partition coefficient (Wildman–Crippen LogP) is 1.61. The number of benzene rings is 1. The van der Waals surface area contributed by atoms with Crippen molar-refractivity contribution in [3.8, 4) is 0 Å². The maximum Gasteiger partial charge on any atom is 0.123 e. The summed E-state index contributed by atoms with van der Waals surface area (Å²) in [5.74, 6) is 0.473. The Bertz CT molecular complexity index is 327. The Morgan fingerprint density at radius 3 is 3.00 bits per heavy atom. The van der Waals surface area contributed by atoms with Crippen molar-refractivity contribution in [3.05, 3.63) is 35.6 Å². The SMILES string of the molecule is NCC1CCN(Cc2cccc(F)c2)C1. The zero-order valence-corrected chi connectivity index (χ0v) is 8.82. The summed E-state index contributed by atoms with van der Waals surface area (Å²) in [6.07, 6.45) is 1.17. The van der Waals surface area contributed by atoms with Crippen molar-refractivity contribution >= 4 is 0 Å². The fourth-order valence-electron chi connectivity index (χ4n) is 2.14. The van der Waals surface area contributed by atoms with Crippen LogP contribution in [0.4, 0.5) is 4.39 Å². The van der Waals surface area contributed by atoms with Crippen LogP contribution in [0, 0.1) is 11.7 Å². The van der Waals surface area contributed by atoms with Gasteiger partial charge in [-0.15, -0.1) is 0 Å². The van der Waals surface area contributed by atoms with Crippen LogP contribution in [-0.4, -0.2) is 24.5 Å². The molecule has 1 saturated heterocycles. The monoisotopic (exact) mass is 208 g/mol. The molecule has 82 valence electrons. The number of hydrogen-bond donors (Lipinski definition) is 1. The van der Waals surface area contributed by atoms with Crippen molar-refractivity contribution in [1.82, 2.24) is 4.90 Å². The van der Waals surface area contributed by atoms with Gasteiger partial charge in [0.15, 0.2) is 0 Å². The maximum absolute atomic E-state index is 12.9. The molecular weight excluding hydrogens is 191 g/mol. The van der Waals surface area contributed by atoms with E-state index in [9.17, 15) is 4.39 Å². The maximum atomic E-state index is 12.9. The molecule has 1 aliphatic rings. The molecule has 1 heterocycles. The fraction of sp³-hybridized carbons (Fsp3) is 0.500. The third kappa shape index (κ3) is 2.76. The van der Waals surface area contributed by atoms with Gasteiger partial charge in [-0.25, -0.2) is 4.39 Å². The van der Waals surface area contributed by atoms with Crippen LogP contribution in [-0.2, 0) is 6.54 Å². The van der Waals surface area contributed by atoms with Gasteiger partial charge in [-0.3, -0.25) is 4.90 Å². The molecule has 2 N–H and O–H groups in total. The van der Waals surface area contributed by atoms with E-state index in [0.29, 0.717) is 5.92 Å². The summed E-state index contributed by atoms with van der Waals surface area (Å²) in [4.78, 5) is 2.34.